The summed E-state index contributed by atoms with van der Waals surface area (Å²) >= 11 is 0. The number of ether oxygens (including phenoxy) is 2. The highest BCUT2D eigenvalue weighted by Gasteiger charge is 2.34. The molecule has 1 aliphatic rings. The minimum atomic E-state index is -3.53. The number of hydrogen-bond donors (Lipinski definition) is 1. The molecule has 1 aliphatic heterocycles. The molecule has 0 spiro atoms. The van der Waals surface area contributed by atoms with Crippen molar-refractivity contribution in [1.82, 2.24) is 14.9 Å². The number of anilines is 2. The molecule has 2 aromatic carbocycles. The molecule has 0 bridgehead atoms. The smallest absolute Gasteiger partial charge is 0.410 e. The number of carbonyl (C=O) groups is 1. The van der Waals surface area contributed by atoms with Crippen molar-refractivity contribution in [3.63, 3.8) is 0 Å². The number of likely N-dealkylation sites (tertiary alicyclic amines) is 1. The molecule has 10 heteroatoms. The van der Waals surface area contributed by atoms with Gasteiger partial charge in [0.05, 0.1) is 17.3 Å². The number of carbonyl (C=O) groups excluding carboxylic acids is 1. The number of amides is 1. The number of nitrogens with zero attached hydrogens (tertiary/aromatic N) is 3. The second-order valence-corrected chi connectivity index (χ2v) is 12.5. The molecule has 0 saturated carbocycles. The summed E-state index contributed by atoms with van der Waals surface area (Å²) < 4.78 is 37.0. The fraction of sp³-hybridized carbons (Fsp3) is 0.345. The van der Waals surface area contributed by atoms with Gasteiger partial charge in [-0.1, -0.05) is 24.3 Å². The highest BCUT2D eigenvalue weighted by molar-refractivity contribution is 7.92. The van der Waals surface area contributed by atoms with Gasteiger partial charge in [-0.25, -0.2) is 23.2 Å². The van der Waals surface area contributed by atoms with Gasteiger partial charge in [0.15, 0.2) is 9.84 Å². The number of aromatic nitrogens is 2. The van der Waals surface area contributed by atoms with Crippen LogP contribution < -0.4 is 10.1 Å². The summed E-state index contributed by atoms with van der Waals surface area (Å²) in [5.74, 6) is 1.21. The third-order valence-corrected chi connectivity index (χ3v) is 8.51. The Labute approximate surface area is 229 Å². The maximum atomic E-state index is 13.2. The van der Waals surface area contributed by atoms with E-state index >= 15 is 0 Å². The molecule has 1 amide bonds. The Bertz CT molecular complexity index is 1390. The number of hydrogen-bond acceptors (Lipinski definition) is 8. The maximum absolute atomic E-state index is 13.2. The van der Waals surface area contributed by atoms with Crippen LogP contribution in [0.2, 0.25) is 0 Å². The zero-order chi connectivity index (χ0) is 28.0. The molecule has 1 saturated heterocycles. The quantitative estimate of drug-likeness (QED) is 0.406. The van der Waals surface area contributed by atoms with Crippen molar-refractivity contribution in [2.75, 3.05) is 25.5 Å². The van der Waals surface area contributed by atoms with E-state index in [1.165, 1.54) is 0 Å². The number of sulfone groups is 1. The average molecular weight is 551 g/mol. The van der Waals surface area contributed by atoms with Crippen LogP contribution in [-0.4, -0.2) is 60.4 Å². The number of nitrogens with one attached hydrogen (secondary N) is 1. The summed E-state index contributed by atoms with van der Waals surface area (Å²) in [4.78, 5) is 22.8. The van der Waals surface area contributed by atoms with E-state index in [2.05, 4.69) is 15.3 Å². The van der Waals surface area contributed by atoms with Gasteiger partial charge in [0.1, 0.15) is 11.4 Å². The Morgan fingerprint density at radius 2 is 1.54 bits per heavy atom. The van der Waals surface area contributed by atoms with Gasteiger partial charge < -0.3 is 19.7 Å². The molecule has 4 rings (SSSR count). The molecule has 0 radical (unpaired) electrons. The SMILES string of the molecule is COc1ccc(/C=C/c2cnc(Nc3ccc(S(=O)(=O)C4CCN(C(=O)OC(C)(C)C)CC4)cc3)nc2)cc1. The van der Waals surface area contributed by atoms with Crippen LogP contribution in [0.25, 0.3) is 12.2 Å². The van der Waals surface area contributed by atoms with Crippen molar-refractivity contribution in [3.8, 4) is 5.75 Å². The first-order valence-electron chi connectivity index (χ1n) is 12.8. The van der Waals surface area contributed by atoms with Gasteiger partial charge >= 0.3 is 6.09 Å². The van der Waals surface area contributed by atoms with Gasteiger partial charge in [0.2, 0.25) is 5.95 Å². The average Bonchev–Trinajstić information content (AvgIpc) is 2.92. The lowest BCUT2D eigenvalue weighted by Crippen LogP contribution is -2.44. The predicted octanol–water partition coefficient (Wildman–Crippen LogP) is 5.57. The van der Waals surface area contributed by atoms with Crippen molar-refractivity contribution in [2.45, 2.75) is 49.4 Å². The van der Waals surface area contributed by atoms with Crippen LogP contribution in [0.5, 0.6) is 5.75 Å². The van der Waals surface area contributed by atoms with Crippen LogP contribution in [0.4, 0.5) is 16.4 Å². The van der Waals surface area contributed by atoms with Crippen molar-refractivity contribution in [3.05, 3.63) is 72.1 Å². The molecule has 9 nitrogen and oxygen atoms in total. The van der Waals surface area contributed by atoms with E-state index in [-0.39, 0.29) is 4.90 Å². The summed E-state index contributed by atoms with van der Waals surface area (Å²) in [6.45, 7) is 6.13. The monoisotopic (exact) mass is 550 g/mol. The fourth-order valence-electron chi connectivity index (χ4n) is 4.12. The third-order valence-electron chi connectivity index (χ3n) is 6.23. The van der Waals surface area contributed by atoms with Gasteiger partial charge in [-0.2, -0.15) is 0 Å². The van der Waals surface area contributed by atoms with E-state index in [1.807, 2.05) is 57.2 Å². The van der Waals surface area contributed by atoms with Crippen LogP contribution in [0.1, 0.15) is 44.7 Å². The predicted molar refractivity (Wildman–Crippen MR) is 152 cm³/mol. The third kappa shape index (κ3) is 7.57. The van der Waals surface area contributed by atoms with Crippen molar-refractivity contribution < 1.29 is 22.7 Å². The normalized spacial score (nSPS) is 14.8. The maximum Gasteiger partial charge on any atom is 0.410 e. The molecular weight excluding hydrogens is 516 g/mol. The summed E-state index contributed by atoms with van der Waals surface area (Å²) in [6.07, 6.45) is 7.63. The summed E-state index contributed by atoms with van der Waals surface area (Å²) in [5.41, 5.74) is 1.96. The minimum absolute atomic E-state index is 0.253. The Hall–Kier alpha value is -3.92. The van der Waals surface area contributed by atoms with E-state index in [9.17, 15) is 13.2 Å². The molecule has 1 aromatic heterocycles. The van der Waals surface area contributed by atoms with Crippen LogP contribution in [0.15, 0.2) is 65.8 Å². The van der Waals surface area contributed by atoms with Crippen LogP contribution >= 0.6 is 0 Å². The lowest BCUT2D eigenvalue weighted by Gasteiger charge is -2.33. The van der Waals surface area contributed by atoms with Crippen molar-refractivity contribution in [2.24, 2.45) is 0 Å². The van der Waals surface area contributed by atoms with Crippen LogP contribution in [0, 0.1) is 0 Å². The summed E-state index contributed by atoms with van der Waals surface area (Å²) in [6, 6.07) is 14.3. The zero-order valence-electron chi connectivity index (χ0n) is 22.6. The highest BCUT2D eigenvalue weighted by Crippen LogP contribution is 2.27. The number of methoxy groups -OCH3 is 1. The van der Waals surface area contributed by atoms with Gasteiger partial charge in [-0.05, 0) is 75.6 Å². The van der Waals surface area contributed by atoms with Gasteiger partial charge in [0, 0.05) is 36.7 Å². The minimum Gasteiger partial charge on any atom is -0.497 e. The molecule has 1 N–H and O–H groups in total. The molecule has 0 unspecified atom stereocenters. The molecule has 206 valence electrons. The molecule has 39 heavy (non-hydrogen) atoms. The fourth-order valence-corrected chi connectivity index (χ4v) is 5.85. The van der Waals surface area contributed by atoms with Crippen LogP contribution in [0.3, 0.4) is 0 Å². The Morgan fingerprint density at radius 1 is 0.949 bits per heavy atom. The number of benzene rings is 2. The molecule has 3 aromatic rings. The molecular formula is C29H34N4O5S. The second-order valence-electron chi connectivity index (χ2n) is 10.3. The summed E-state index contributed by atoms with van der Waals surface area (Å²) in [7, 11) is -1.89. The second kappa shape index (κ2) is 11.9. The summed E-state index contributed by atoms with van der Waals surface area (Å²) in [5, 5.41) is 2.55. The first-order valence-corrected chi connectivity index (χ1v) is 14.3. The molecule has 0 aliphatic carbocycles. The van der Waals surface area contributed by atoms with Gasteiger partial charge in [-0.15, -0.1) is 0 Å². The van der Waals surface area contributed by atoms with E-state index in [1.54, 1.807) is 48.7 Å². The van der Waals surface area contributed by atoms with E-state index in [0.29, 0.717) is 37.6 Å². The topological polar surface area (TPSA) is 111 Å². The van der Waals surface area contributed by atoms with E-state index < -0.39 is 26.8 Å². The van der Waals surface area contributed by atoms with E-state index in [0.717, 1.165) is 16.9 Å². The van der Waals surface area contributed by atoms with Crippen molar-refractivity contribution in [1.29, 1.82) is 0 Å². The molecule has 1 fully saturated rings. The van der Waals surface area contributed by atoms with Gasteiger partial charge in [0.25, 0.3) is 0 Å². The zero-order valence-corrected chi connectivity index (χ0v) is 23.4. The highest BCUT2D eigenvalue weighted by atomic mass is 32.2. The Morgan fingerprint density at radius 3 is 2.10 bits per heavy atom. The standard InChI is InChI=1S/C29H34N4O5S/c1-29(2,3)38-28(34)33-17-15-26(16-18-33)39(35,36)25-13-9-23(10-14-25)32-27-30-19-22(20-31-27)6-5-21-7-11-24(37-4)12-8-21/h5-14,19-20,26H,15-18H2,1-4H3,(H,30,31,32)/b6-5+. The van der Waals surface area contributed by atoms with E-state index in [4.69, 9.17) is 9.47 Å². The van der Waals surface area contributed by atoms with Crippen molar-refractivity contribution >= 4 is 39.7 Å². The first-order chi connectivity index (χ1) is 18.5. The molecule has 0 atom stereocenters. The Kier molecular flexibility index (Phi) is 8.54. The van der Waals surface area contributed by atoms with Crippen LogP contribution in [-0.2, 0) is 14.6 Å². The number of rotatable bonds is 7. The molecule has 2 heterocycles. The van der Waals surface area contributed by atoms with Gasteiger partial charge in [-0.3, -0.25) is 0 Å². The lowest BCUT2D eigenvalue weighted by molar-refractivity contribution is 0.0217. The largest absolute Gasteiger partial charge is 0.497 e. The first kappa shape index (κ1) is 28.1. The lowest BCUT2D eigenvalue weighted by atomic mass is 10.1. The Balaban J connectivity index is 1.32. The number of piperidine rings is 1.